The van der Waals surface area contributed by atoms with Gasteiger partial charge in [-0.05, 0) is 42.9 Å². The van der Waals surface area contributed by atoms with E-state index in [9.17, 15) is 0 Å². The molecule has 0 aliphatic heterocycles. The Balaban J connectivity index is 1.80. The third-order valence-electron chi connectivity index (χ3n) is 4.53. The smallest absolute Gasteiger partial charge is 0.0127 e. The molecule has 88 valence electrons. The van der Waals surface area contributed by atoms with Crippen molar-refractivity contribution in [3.05, 3.63) is 0 Å². The van der Waals surface area contributed by atoms with E-state index in [2.05, 4.69) is 33.0 Å². The Morgan fingerprint density at radius 1 is 1.00 bits per heavy atom. The van der Waals surface area contributed by atoms with Gasteiger partial charge in [-0.2, -0.15) is 0 Å². The van der Waals surface area contributed by atoms with E-state index in [0.717, 1.165) is 12.1 Å². The molecule has 0 heterocycles. The van der Waals surface area contributed by atoms with Crippen LogP contribution in [0.15, 0.2) is 0 Å². The van der Waals surface area contributed by atoms with Gasteiger partial charge in [0.1, 0.15) is 0 Å². The minimum Gasteiger partial charge on any atom is -0.311 e. The summed E-state index contributed by atoms with van der Waals surface area (Å²) in [5.41, 5.74) is 1.18. The van der Waals surface area contributed by atoms with Crippen LogP contribution in [0, 0.1) is 10.8 Å². The molecule has 15 heavy (non-hydrogen) atoms. The highest BCUT2D eigenvalue weighted by atomic mass is 15.0. The number of rotatable bonds is 2. The third kappa shape index (κ3) is 2.96. The van der Waals surface area contributed by atoms with E-state index in [1.165, 1.54) is 38.5 Å². The normalized spacial score (nSPS) is 38.4. The molecule has 0 bridgehead atoms. The van der Waals surface area contributed by atoms with Gasteiger partial charge in [0.2, 0.25) is 0 Å². The first-order valence-electron chi connectivity index (χ1n) is 6.65. The predicted octanol–water partition coefficient (Wildman–Crippen LogP) is 3.73. The molecule has 2 unspecified atom stereocenters. The first-order chi connectivity index (χ1) is 6.89. The van der Waals surface area contributed by atoms with E-state index in [1.54, 1.807) is 0 Å². The average molecular weight is 209 g/mol. The van der Waals surface area contributed by atoms with Crippen molar-refractivity contribution in [1.29, 1.82) is 0 Å². The third-order valence-corrected chi connectivity index (χ3v) is 4.53. The van der Waals surface area contributed by atoms with Gasteiger partial charge in [0.25, 0.3) is 0 Å². The van der Waals surface area contributed by atoms with Crippen LogP contribution >= 0.6 is 0 Å². The van der Waals surface area contributed by atoms with Crippen LogP contribution in [0.3, 0.4) is 0 Å². The van der Waals surface area contributed by atoms with E-state index >= 15 is 0 Å². The van der Waals surface area contributed by atoms with Crippen molar-refractivity contribution in [2.45, 2.75) is 78.3 Å². The van der Waals surface area contributed by atoms with Gasteiger partial charge >= 0.3 is 0 Å². The summed E-state index contributed by atoms with van der Waals surface area (Å²) in [7, 11) is 0. The summed E-state index contributed by atoms with van der Waals surface area (Å²) in [5, 5.41) is 3.86. The maximum Gasteiger partial charge on any atom is 0.0127 e. The van der Waals surface area contributed by atoms with Crippen LogP contribution in [0.4, 0.5) is 0 Å². The summed E-state index contributed by atoms with van der Waals surface area (Å²) in [4.78, 5) is 0. The molecule has 0 radical (unpaired) electrons. The van der Waals surface area contributed by atoms with Gasteiger partial charge in [-0.1, -0.05) is 34.1 Å². The molecule has 0 aromatic carbocycles. The van der Waals surface area contributed by atoms with Crippen LogP contribution in [0.1, 0.15) is 66.2 Å². The molecule has 0 spiro atoms. The quantitative estimate of drug-likeness (QED) is 0.683. The van der Waals surface area contributed by atoms with E-state index in [-0.39, 0.29) is 0 Å². The largest absolute Gasteiger partial charge is 0.311 e. The predicted molar refractivity (Wildman–Crippen MR) is 66.0 cm³/mol. The Morgan fingerprint density at radius 2 is 1.67 bits per heavy atom. The van der Waals surface area contributed by atoms with E-state index in [0.29, 0.717) is 10.8 Å². The molecule has 2 fully saturated rings. The van der Waals surface area contributed by atoms with Crippen LogP contribution < -0.4 is 5.32 Å². The van der Waals surface area contributed by atoms with Crippen LogP contribution in [0.5, 0.6) is 0 Å². The summed E-state index contributed by atoms with van der Waals surface area (Å²) in [5.74, 6) is 0. The molecular formula is C14H27N. The van der Waals surface area contributed by atoms with Gasteiger partial charge in [-0.3, -0.25) is 0 Å². The second-order valence-corrected chi connectivity index (χ2v) is 7.20. The topological polar surface area (TPSA) is 12.0 Å². The fourth-order valence-corrected chi connectivity index (χ4v) is 2.86. The second-order valence-electron chi connectivity index (χ2n) is 7.20. The van der Waals surface area contributed by atoms with E-state index in [1.807, 2.05) is 0 Å². The molecule has 0 amide bonds. The van der Waals surface area contributed by atoms with Crippen LogP contribution in [0.25, 0.3) is 0 Å². The molecule has 2 aliphatic rings. The second kappa shape index (κ2) is 3.76. The summed E-state index contributed by atoms with van der Waals surface area (Å²) in [6.45, 7) is 9.61. The Kier molecular flexibility index (Phi) is 2.87. The summed E-state index contributed by atoms with van der Waals surface area (Å²) in [6.07, 6.45) is 8.40. The highest BCUT2D eigenvalue weighted by molar-refractivity contribution is 5.02. The minimum absolute atomic E-state index is 0.585. The van der Waals surface area contributed by atoms with Gasteiger partial charge in [0.15, 0.2) is 0 Å². The lowest BCUT2D eigenvalue weighted by molar-refractivity contribution is 0.308. The Hall–Kier alpha value is -0.0400. The van der Waals surface area contributed by atoms with E-state index < -0.39 is 0 Å². The van der Waals surface area contributed by atoms with Gasteiger partial charge in [0.05, 0.1) is 0 Å². The van der Waals surface area contributed by atoms with Crippen LogP contribution in [-0.2, 0) is 0 Å². The van der Waals surface area contributed by atoms with Gasteiger partial charge in [0, 0.05) is 12.1 Å². The van der Waals surface area contributed by atoms with Crippen molar-refractivity contribution in [3.8, 4) is 0 Å². The zero-order valence-electron chi connectivity index (χ0n) is 10.9. The summed E-state index contributed by atoms with van der Waals surface area (Å²) >= 11 is 0. The summed E-state index contributed by atoms with van der Waals surface area (Å²) in [6, 6.07) is 1.61. The van der Waals surface area contributed by atoms with Crippen LogP contribution in [-0.4, -0.2) is 12.1 Å². The van der Waals surface area contributed by atoms with Gasteiger partial charge < -0.3 is 5.32 Å². The molecule has 0 saturated heterocycles. The number of nitrogens with one attached hydrogen (secondary N) is 1. The Morgan fingerprint density at radius 3 is 2.27 bits per heavy atom. The maximum atomic E-state index is 3.86. The van der Waals surface area contributed by atoms with Crippen molar-refractivity contribution >= 4 is 0 Å². The first kappa shape index (κ1) is 11.4. The van der Waals surface area contributed by atoms with Crippen LogP contribution in [0.2, 0.25) is 0 Å². The number of hydrogen-bond donors (Lipinski definition) is 1. The molecule has 0 aromatic rings. The van der Waals surface area contributed by atoms with Crippen molar-refractivity contribution in [2.24, 2.45) is 10.8 Å². The molecule has 2 atom stereocenters. The van der Waals surface area contributed by atoms with Gasteiger partial charge in [-0.15, -0.1) is 0 Å². The Bertz CT molecular complexity index is 229. The van der Waals surface area contributed by atoms with Crippen molar-refractivity contribution < 1.29 is 0 Å². The highest BCUT2D eigenvalue weighted by Gasteiger charge is 2.46. The van der Waals surface area contributed by atoms with Gasteiger partial charge in [-0.25, -0.2) is 0 Å². The minimum atomic E-state index is 0.585. The molecule has 2 aliphatic carbocycles. The fourth-order valence-electron chi connectivity index (χ4n) is 2.86. The van der Waals surface area contributed by atoms with Crippen molar-refractivity contribution in [3.63, 3.8) is 0 Å². The average Bonchev–Trinajstić information content (AvgIpc) is 2.72. The highest BCUT2D eigenvalue weighted by Crippen LogP contribution is 2.45. The zero-order valence-corrected chi connectivity index (χ0v) is 10.9. The molecule has 1 nitrogen and oxygen atoms in total. The fraction of sp³-hybridized carbons (Fsp3) is 1.00. The lowest BCUT2D eigenvalue weighted by Gasteiger charge is -2.22. The Labute approximate surface area is 95.0 Å². The molecule has 0 aromatic heterocycles. The number of hydrogen-bond acceptors (Lipinski definition) is 1. The maximum absolute atomic E-state index is 3.86. The van der Waals surface area contributed by atoms with E-state index in [4.69, 9.17) is 0 Å². The first-order valence-corrected chi connectivity index (χ1v) is 6.65. The molecule has 2 saturated carbocycles. The molecule has 1 heteroatoms. The standard InChI is InChI=1S/C14H27N/c1-13(2)8-5-6-11(7-9-13)15-12-10-14(12,3)4/h11-12,15H,5-10H2,1-4H3. The molecule has 2 rings (SSSR count). The lowest BCUT2D eigenvalue weighted by Crippen LogP contribution is -2.32. The monoisotopic (exact) mass is 209 g/mol. The molecule has 1 N–H and O–H groups in total. The SMILES string of the molecule is CC1(C)CCCC(NC2CC2(C)C)CC1. The zero-order chi connectivity index (χ0) is 11.1. The summed E-state index contributed by atoms with van der Waals surface area (Å²) < 4.78 is 0. The van der Waals surface area contributed by atoms with Crippen molar-refractivity contribution in [2.75, 3.05) is 0 Å². The van der Waals surface area contributed by atoms with Crippen molar-refractivity contribution in [1.82, 2.24) is 5.32 Å². The molecular weight excluding hydrogens is 182 g/mol. The lowest BCUT2D eigenvalue weighted by atomic mass is 9.85.